The number of hydrogen-bond donors (Lipinski definition) is 1. The molecule has 7 heteroatoms. The average Bonchev–Trinajstić information content (AvgIpc) is 2.55. The highest BCUT2D eigenvalue weighted by atomic mass is 32.2. The van der Waals surface area contributed by atoms with Gasteiger partial charge in [-0.1, -0.05) is 6.92 Å². The summed E-state index contributed by atoms with van der Waals surface area (Å²) in [4.78, 5) is 12.1. The van der Waals surface area contributed by atoms with Gasteiger partial charge in [0.1, 0.15) is 0 Å². The number of hydrogen-bond acceptors (Lipinski definition) is 4. The molecule has 1 heterocycles. The standard InChI is InChI=1S/C17H26N2O4S/c1-13-5-4-10-19(12-13)24(21,22)16-8-6-15(7-9-16)18-17(20)11-14(2)23-3/h6-9,13-14H,4-5,10-12H2,1-3H3,(H,18,20). The Bertz CT molecular complexity index is 658. The third kappa shape index (κ3) is 4.78. The van der Waals surface area contributed by atoms with Crippen LogP contribution in [0.3, 0.4) is 0 Å². The van der Waals surface area contributed by atoms with Crippen LogP contribution in [0.4, 0.5) is 5.69 Å². The lowest BCUT2D eigenvalue weighted by Crippen LogP contribution is -2.39. The molecule has 2 unspecified atom stereocenters. The highest BCUT2D eigenvalue weighted by Crippen LogP contribution is 2.24. The molecule has 1 aliphatic heterocycles. The minimum absolute atomic E-state index is 0.161. The maximum atomic E-state index is 12.7. The van der Waals surface area contributed by atoms with E-state index in [1.807, 2.05) is 6.92 Å². The van der Waals surface area contributed by atoms with Crippen LogP contribution in [0, 0.1) is 5.92 Å². The maximum Gasteiger partial charge on any atom is 0.243 e. The lowest BCUT2D eigenvalue weighted by molar-refractivity contribution is -0.118. The molecular weight excluding hydrogens is 328 g/mol. The zero-order chi connectivity index (χ0) is 17.7. The Labute approximate surface area is 144 Å². The number of methoxy groups -OCH3 is 1. The predicted molar refractivity (Wildman–Crippen MR) is 93.3 cm³/mol. The van der Waals surface area contributed by atoms with Gasteiger partial charge in [-0.25, -0.2) is 8.42 Å². The van der Waals surface area contributed by atoms with E-state index < -0.39 is 10.0 Å². The van der Waals surface area contributed by atoms with Gasteiger partial charge >= 0.3 is 0 Å². The van der Waals surface area contributed by atoms with E-state index in [4.69, 9.17) is 4.74 Å². The molecule has 2 atom stereocenters. The van der Waals surface area contributed by atoms with Crippen LogP contribution >= 0.6 is 0 Å². The summed E-state index contributed by atoms with van der Waals surface area (Å²) in [5, 5.41) is 2.75. The molecule has 0 bridgehead atoms. The van der Waals surface area contributed by atoms with E-state index in [1.54, 1.807) is 35.7 Å². The first-order valence-electron chi connectivity index (χ1n) is 8.25. The third-order valence-corrected chi connectivity index (χ3v) is 6.15. The van der Waals surface area contributed by atoms with Crippen molar-refractivity contribution in [2.45, 2.75) is 44.1 Å². The zero-order valence-electron chi connectivity index (χ0n) is 14.5. The number of amides is 1. The number of rotatable bonds is 6. The van der Waals surface area contributed by atoms with E-state index in [0.717, 1.165) is 12.8 Å². The Morgan fingerprint density at radius 2 is 2.04 bits per heavy atom. The molecule has 1 N–H and O–H groups in total. The SMILES string of the molecule is COC(C)CC(=O)Nc1ccc(S(=O)(=O)N2CCCC(C)C2)cc1. The van der Waals surface area contributed by atoms with Crippen molar-refractivity contribution in [2.75, 3.05) is 25.5 Å². The molecule has 1 aliphatic rings. The van der Waals surface area contributed by atoms with Crippen molar-refractivity contribution in [1.82, 2.24) is 4.31 Å². The van der Waals surface area contributed by atoms with Crippen LogP contribution < -0.4 is 5.32 Å². The first-order chi connectivity index (χ1) is 11.3. The number of sulfonamides is 1. The molecule has 1 aromatic carbocycles. The van der Waals surface area contributed by atoms with E-state index in [1.165, 1.54) is 0 Å². The van der Waals surface area contributed by atoms with Crippen molar-refractivity contribution < 1.29 is 17.9 Å². The Kier molecular flexibility index (Phi) is 6.37. The van der Waals surface area contributed by atoms with Gasteiger partial charge in [0.15, 0.2) is 0 Å². The van der Waals surface area contributed by atoms with Gasteiger partial charge in [0.25, 0.3) is 0 Å². The van der Waals surface area contributed by atoms with E-state index >= 15 is 0 Å². The third-order valence-electron chi connectivity index (χ3n) is 4.27. The fourth-order valence-electron chi connectivity index (χ4n) is 2.78. The number of carbonyl (C=O) groups is 1. The molecular formula is C17H26N2O4S. The molecule has 0 radical (unpaired) electrons. The number of anilines is 1. The largest absolute Gasteiger partial charge is 0.381 e. The smallest absolute Gasteiger partial charge is 0.243 e. The molecule has 1 saturated heterocycles. The van der Waals surface area contributed by atoms with Gasteiger partial charge in [-0.05, 0) is 49.9 Å². The molecule has 0 aliphatic carbocycles. The van der Waals surface area contributed by atoms with Gasteiger partial charge in [-0.3, -0.25) is 4.79 Å². The number of nitrogens with zero attached hydrogens (tertiary/aromatic N) is 1. The van der Waals surface area contributed by atoms with Crippen LogP contribution in [0.25, 0.3) is 0 Å². The molecule has 2 rings (SSSR count). The van der Waals surface area contributed by atoms with Crippen LogP contribution in [0.5, 0.6) is 0 Å². The topological polar surface area (TPSA) is 75.7 Å². The van der Waals surface area contributed by atoms with Crippen molar-refractivity contribution in [3.05, 3.63) is 24.3 Å². The lowest BCUT2D eigenvalue weighted by atomic mass is 10.0. The monoisotopic (exact) mass is 354 g/mol. The first kappa shape index (κ1) is 18.9. The van der Waals surface area contributed by atoms with E-state index in [-0.39, 0.29) is 23.3 Å². The van der Waals surface area contributed by atoms with E-state index in [2.05, 4.69) is 12.2 Å². The van der Waals surface area contributed by atoms with E-state index in [0.29, 0.717) is 24.7 Å². The highest BCUT2D eigenvalue weighted by molar-refractivity contribution is 7.89. The van der Waals surface area contributed by atoms with Gasteiger partial charge in [0.05, 0.1) is 17.4 Å². The van der Waals surface area contributed by atoms with Crippen LogP contribution in [-0.4, -0.2) is 44.9 Å². The normalized spacial score (nSPS) is 20.5. The average molecular weight is 354 g/mol. The Hall–Kier alpha value is -1.44. The Morgan fingerprint density at radius 1 is 1.38 bits per heavy atom. The number of ether oxygens (including phenoxy) is 1. The number of nitrogens with one attached hydrogen (secondary N) is 1. The summed E-state index contributed by atoms with van der Waals surface area (Å²) in [7, 11) is -1.91. The summed E-state index contributed by atoms with van der Waals surface area (Å²) in [5.74, 6) is 0.222. The van der Waals surface area contributed by atoms with Crippen LogP contribution in [-0.2, 0) is 19.6 Å². The molecule has 6 nitrogen and oxygen atoms in total. The second kappa shape index (κ2) is 8.09. The number of piperidine rings is 1. The van der Waals surface area contributed by atoms with Crippen molar-refractivity contribution in [3.8, 4) is 0 Å². The maximum absolute atomic E-state index is 12.7. The van der Waals surface area contributed by atoms with E-state index in [9.17, 15) is 13.2 Å². The van der Waals surface area contributed by atoms with Crippen molar-refractivity contribution >= 4 is 21.6 Å². The fourth-order valence-corrected chi connectivity index (χ4v) is 4.38. The van der Waals surface area contributed by atoms with Crippen molar-refractivity contribution in [3.63, 3.8) is 0 Å². The summed E-state index contributed by atoms with van der Waals surface area (Å²) < 4.78 is 31.9. The molecule has 24 heavy (non-hydrogen) atoms. The van der Waals surface area contributed by atoms with Gasteiger partial charge in [0.2, 0.25) is 15.9 Å². The second-order valence-electron chi connectivity index (χ2n) is 6.43. The summed E-state index contributed by atoms with van der Waals surface area (Å²) in [6.45, 7) is 5.02. The molecule has 1 aromatic rings. The first-order valence-corrected chi connectivity index (χ1v) is 9.69. The summed E-state index contributed by atoms with van der Waals surface area (Å²) in [6.07, 6.45) is 2.05. The number of benzene rings is 1. The van der Waals surface area contributed by atoms with Gasteiger partial charge < -0.3 is 10.1 Å². The molecule has 0 aromatic heterocycles. The summed E-state index contributed by atoms with van der Waals surface area (Å²) in [5.41, 5.74) is 0.578. The van der Waals surface area contributed by atoms with Crippen molar-refractivity contribution in [1.29, 1.82) is 0 Å². The van der Waals surface area contributed by atoms with Gasteiger partial charge in [-0.2, -0.15) is 4.31 Å². The second-order valence-corrected chi connectivity index (χ2v) is 8.37. The zero-order valence-corrected chi connectivity index (χ0v) is 15.3. The molecule has 0 spiro atoms. The van der Waals surface area contributed by atoms with Crippen LogP contribution in [0.15, 0.2) is 29.2 Å². The summed E-state index contributed by atoms with van der Waals surface area (Å²) in [6, 6.07) is 6.33. The molecule has 1 fully saturated rings. The highest BCUT2D eigenvalue weighted by Gasteiger charge is 2.28. The predicted octanol–water partition coefficient (Wildman–Crippen LogP) is 2.47. The van der Waals surface area contributed by atoms with Gasteiger partial charge in [0, 0.05) is 25.9 Å². The summed E-state index contributed by atoms with van der Waals surface area (Å²) >= 11 is 0. The van der Waals surface area contributed by atoms with Crippen molar-refractivity contribution in [2.24, 2.45) is 5.92 Å². The minimum atomic E-state index is -3.46. The van der Waals surface area contributed by atoms with Crippen LogP contribution in [0.1, 0.15) is 33.1 Å². The lowest BCUT2D eigenvalue weighted by Gasteiger charge is -2.30. The fraction of sp³-hybridized carbons (Fsp3) is 0.588. The molecule has 0 saturated carbocycles. The Balaban J connectivity index is 2.04. The van der Waals surface area contributed by atoms with Gasteiger partial charge in [-0.15, -0.1) is 0 Å². The molecule has 134 valence electrons. The molecule has 1 amide bonds. The van der Waals surface area contributed by atoms with Crippen LogP contribution in [0.2, 0.25) is 0 Å². The Morgan fingerprint density at radius 3 is 2.62 bits per heavy atom. The number of carbonyl (C=O) groups excluding carboxylic acids is 1. The minimum Gasteiger partial charge on any atom is -0.381 e. The quantitative estimate of drug-likeness (QED) is 0.851.